The first-order chi connectivity index (χ1) is 26.1. The lowest BCUT2D eigenvalue weighted by molar-refractivity contribution is 0.627. The monoisotopic (exact) mass is 792 g/mol. The van der Waals surface area contributed by atoms with Crippen LogP contribution in [0.15, 0.2) is 185 Å². The average Bonchev–Trinajstić information content (AvgIpc) is 3.24. The lowest BCUT2D eigenvalue weighted by Crippen LogP contribution is -1.76. The topological polar surface area (TPSA) is 0 Å². The zero-order chi connectivity index (χ0) is 40.0. The molecule has 0 unspecified atom stereocenters. The molecule has 0 spiro atoms. The fraction of sp³-hybridized carbons (Fsp3) is 0.0800. The van der Waals surface area contributed by atoms with E-state index in [0.29, 0.717) is 11.8 Å². The normalized spacial score (nSPS) is 8.91. The van der Waals surface area contributed by atoms with E-state index in [-0.39, 0.29) is 25.1 Å². The number of halogens is 4. The van der Waals surface area contributed by atoms with Gasteiger partial charge in [0.25, 0.3) is 0 Å². The second-order valence-electron chi connectivity index (χ2n) is 11.4. The Labute approximate surface area is 346 Å². The molecule has 0 aliphatic rings. The van der Waals surface area contributed by atoms with Crippen LogP contribution in [-0.4, -0.2) is 0 Å². The molecule has 0 heterocycles. The van der Waals surface area contributed by atoms with E-state index < -0.39 is 0 Å². The molecule has 0 aliphatic carbocycles. The van der Waals surface area contributed by atoms with Gasteiger partial charge in [0, 0.05) is 11.8 Å². The Morgan fingerprint density at radius 2 is 0.618 bits per heavy atom. The van der Waals surface area contributed by atoms with Crippen molar-refractivity contribution in [3.63, 3.8) is 0 Å². The predicted molar refractivity (Wildman–Crippen MR) is 248 cm³/mol. The van der Waals surface area contributed by atoms with E-state index in [4.69, 9.17) is 23.2 Å². The van der Waals surface area contributed by atoms with E-state index in [2.05, 4.69) is 52.0 Å². The predicted octanol–water partition coefficient (Wildman–Crippen LogP) is 15.8. The van der Waals surface area contributed by atoms with Gasteiger partial charge in [-0.2, -0.15) is 13.5 Å². The molecule has 0 fully saturated rings. The van der Waals surface area contributed by atoms with Crippen molar-refractivity contribution >= 4 is 67.1 Å². The van der Waals surface area contributed by atoms with Gasteiger partial charge in [0.2, 0.25) is 0 Å². The van der Waals surface area contributed by atoms with Gasteiger partial charge in [-0.3, -0.25) is 0 Å². The number of hydrogen-bond donors (Lipinski definition) is 0. The van der Waals surface area contributed by atoms with Crippen LogP contribution in [0.4, 0.5) is 8.78 Å². The van der Waals surface area contributed by atoms with E-state index in [1.165, 1.54) is 41.0 Å². The van der Waals surface area contributed by atoms with Crippen molar-refractivity contribution in [3.05, 3.63) is 246 Å². The molecule has 0 amide bonds. The van der Waals surface area contributed by atoms with Crippen LogP contribution in [0.5, 0.6) is 0 Å². The minimum absolute atomic E-state index is 0. The van der Waals surface area contributed by atoms with E-state index in [1.54, 1.807) is 30.3 Å². The zero-order valence-electron chi connectivity index (χ0n) is 31.8. The Balaban J connectivity index is 0.000000635. The van der Waals surface area contributed by atoms with Gasteiger partial charge in [-0.15, -0.1) is 23.2 Å². The fourth-order valence-corrected chi connectivity index (χ4v) is 4.27. The lowest BCUT2D eigenvalue weighted by atomic mass is 10.1. The minimum atomic E-state index is -0.208. The molecular formula is C50H52Cl2F2S. The molecule has 6 rings (SSSR count). The lowest BCUT2D eigenvalue weighted by Gasteiger charge is -1.94. The molecule has 0 N–H and O–H groups in total. The summed E-state index contributed by atoms with van der Waals surface area (Å²) in [5, 5.41) is 0. The Bertz CT molecular complexity index is 1850. The SMILES string of the molecule is C=Cc1ccc(C=C)cc1.C=Cc1ccc(CCl)cc1.C=Cc1ccc(F)cc1.C=Cc1ccccc1.Cc1ccc(CCl)cc1.Cc1ccc(F)cc1.S. The summed E-state index contributed by atoms with van der Waals surface area (Å²) in [5.74, 6) is 0.814. The standard InChI is InChI=1S/C10H10.C9H9Cl.C8H9Cl.C8H7F.C8H8.C7H7F.H2S/c1-3-9-5-7-10(4-2)8-6-9;1-2-8-3-5-9(7-10)6-4-8;1-7-2-4-8(6-9)5-3-7;1-2-7-3-5-8(9)6-4-7;1-2-8-6-4-3-5-7-8;1-6-2-4-7(8)5-3-6;/h3-8H,1-2H2;2-6H,1,7H2;2-5H,6H2,1H3;2-6H,1H2;2-7H,1H2;2-5H,1H3;1H2. The first-order valence-corrected chi connectivity index (χ1v) is 18.2. The van der Waals surface area contributed by atoms with Crippen molar-refractivity contribution in [2.75, 3.05) is 0 Å². The van der Waals surface area contributed by atoms with Crippen LogP contribution in [-0.2, 0) is 11.8 Å². The molecule has 55 heavy (non-hydrogen) atoms. The molecule has 0 nitrogen and oxygen atoms in total. The third kappa shape index (κ3) is 24.0. The van der Waals surface area contributed by atoms with Crippen molar-refractivity contribution < 1.29 is 8.78 Å². The first-order valence-electron chi connectivity index (χ1n) is 17.1. The Hall–Kier alpha value is -5.19. The summed E-state index contributed by atoms with van der Waals surface area (Å²) in [6.45, 7) is 22.1. The minimum Gasteiger partial charge on any atom is -0.207 e. The number of alkyl halides is 2. The summed E-state index contributed by atoms with van der Waals surface area (Å²) in [4.78, 5) is 0. The van der Waals surface area contributed by atoms with Crippen LogP contribution < -0.4 is 0 Å². The summed E-state index contributed by atoms with van der Waals surface area (Å²) in [6, 6.07) is 46.9. The van der Waals surface area contributed by atoms with E-state index >= 15 is 0 Å². The van der Waals surface area contributed by atoms with Gasteiger partial charge >= 0.3 is 0 Å². The number of hydrogen-bond acceptors (Lipinski definition) is 0. The largest absolute Gasteiger partial charge is 0.207 e. The maximum absolute atomic E-state index is 12.2. The Morgan fingerprint density at radius 1 is 0.382 bits per heavy atom. The molecule has 0 radical (unpaired) electrons. The molecule has 6 aromatic rings. The van der Waals surface area contributed by atoms with Gasteiger partial charge in [0.1, 0.15) is 11.6 Å². The number of aryl methyl sites for hydroxylation is 2. The van der Waals surface area contributed by atoms with Crippen molar-refractivity contribution in [3.8, 4) is 0 Å². The van der Waals surface area contributed by atoms with Gasteiger partial charge in [0.05, 0.1) is 0 Å². The van der Waals surface area contributed by atoms with Crippen LogP contribution in [0, 0.1) is 25.5 Å². The summed E-state index contributed by atoms with van der Waals surface area (Å²) in [5.41, 5.74) is 10.2. The maximum Gasteiger partial charge on any atom is 0.123 e. The van der Waals surface area contributed by atoms with Gasteiger partial charge in [-0.1, -0.05) is 202 Å². The van der Waals surface area contributed by atoms with Crippen LogP contribution >= 0.6 is 36.7 Å². The fourth-order valence-electron chi connectivity index (χ4n) is 3.91. The average molecular weight is 794 g/mol. The zero-order valence-corrected chi connectivity index (χ0v) is 34.3. The summed E-state index contributed by atoms with van der Waals surface area (Å²) in [6.07, 6.45) is 8.98. The highest BCUT2D eigenvalue weighted by Gasteiger charge is 1.89. The van der Waals surface area contributed by atoms with Gasteiger partial charge in [0.15, 0.2) is 0 Å². The Morgan fingerprint density at radius 3 is 0.891 bits per heavy atom. The molecule has 0 aliphatic heterocycles. The molecule has 0 aromatic heterocycles. The van der Waals surface area contributed by atoms with Gasteiger partial charge in [-0.05, 0) is 77.1 Å². The first kappa shape index (κ1) is 49.8. The van der Waals surface area contributed by atoms with Crippen LogP contribution in [0.1, 0.15) is 50.1 Å². The van der Waals surface area contributed by atoms with E-state index in [1.807, 2.05) is 122 Å². The van der Waals surface area contributed by atoms with Gasteiger partial charge in [-0.25, -0.2) is 8.78 Å². The van der Waals surface area contributed by atoms with E-state index in [0.717, 1.165) is 33.4 Å². The van der Waals surface area contributed by atoms with Crippen LogP contribution in [0.25, 0.3) is 30.4 Å². The van der Waals surface area contributed by atoms with Crippen molar-refractivity contribution in [2.24, 2.45) is 0 Å². The third-order valence-corrected chi connectivity index (χ3v) is 7.82. The van der Waals surface area contributed by atoms with Crippen molar-refractivity contribution in [2.45, 2.75) is 25.6 Å². The quantitative estimate of drug-likeness (QED) is 0.141. The van der Waals surface area contributed by atoms with Crippen molar-refractivity contribution in [1.82, 2.24) is 0 Å². The molecular weight excluding hydrogens is 742 g/mol. The molecule has 0 bridgehead atoms. The van der Waals surface area contributed by atoms with Crippen LogP contribution in [0.3, 0.4) is 0 Å². The molecule has 0 saturated carbocycles. The Kier molecular flexibility index (Phi) is 28.2. The molecule has 5 heteroatoms. The third-order valence-electron chi connectivity index (χ3n) is 7.20. The highest BCUT2D eigenvalue weighted by molar-refractivity contribution is 7.59. The highest BCUT2D eigenvalue weighted by Crippen LogP contribution is 2.08. The number of benzene rings is 6. The summed E-state index contributed by atoms with van der Waals surface area (Å²) in [7, 11) is 0. The second kappa shape index (κ2) is 31.2. The summed E-state index contributed by atoms with van der Waals surface area (Å²) >= 11 is 11.2. The maximum atomic E-state index is 12.2. The molecule has 286 valence electrons. The second-order valence-corrected chi connectivity index (χ2v) is 12.0. The highest BCUT2D eigenvalue weighted by atomic mass is 35.5. The molecule has 0 saturated heterocycles. The van der Waals surface area contributed by atoms with Crippen molar-refractivity contribution in [1.29, 1.82) is 0 Å². The number of rotatable bonds is 7. The smallest absolute Gasteiger partial charge is 0.123 e. The van der Waals surface area contributed by atoms with Crippen LogP contribution in [0.2, 0.25) is 0 Å². The van der Waals surface area contributed by atoms with E-state index in [9.17, 15) is 8.78 Å². The molecule has 0 atom stereocenters. The summed E-state index contributed by atoms with van der Waals surface area (Å²) < 4.78 is 24.3. The molecule has 6 aromatic carbocycles. The van der Waals surface area contributed by atoms with Gasteiger partial charge < -0.3 is 0 Å².